The standard InChI is InChI=1S/C10H20N4O3/c1-10(2,9(17)12-3)6-14-8(16)7(15)13-5-4-11/h4-6,11H2,1-3H3,(H,12,17)(H,13,15)(H,14,16). The molecule has 0 aromatic carbocycles. The highest BCUT2D eigenvalue weighted by Gasteiger charge is 2.28. The predicted molar refractivity (Wildman–Crippen MR) is 62.9 cm³/mol. The van der Waals surface area contributed by atoms with Crippen LogP contribution in [0.5, 0.6) is 0 Å². The zero-order chi connectivity index (χ0) is 13.5. The van der Waals surface area contributed by atoms with Gasteiger partial charge in [0.2, 0.25) is 5.91 Å². The highest BCUT2D eigenvalue weighted by atomic mass is 16.2. The zero-order valence-corrected chi connectivity index (χ0v) is 10.4. The van der Waals surface area contributed by atoms with Gasteiger partial charge in [-0.1, -0.05) is 0 Å². The lowest BCUT2D eigenvalue weighted by atomic mass is 9.92. The van der Waals surface area contributed by atoms with Crippen LogP contribution in [0, 0.1) is 5.41 Å². The van der Waals surface area contributed by atoms with Gasteiger partial charge in [0.1, 0.15) is 0 Å². The molecule has 0 aromatic heterocycles. The lowest BCUT2D eigenvalue weighted by Crippen LogP contribution is -2.48. The summed E-state index contributed by atoms with van der Waals surface area (Å²) in [7, 11) is 1.51. The number of nitrogens with two attached hydrogens (primary N) is 1. The third-order valence-corrected chi connectivity index (χ3v) is 2.17. The summed E-state index contributed by atoms with van der Waals surface area (Å²) in [6, 6.07) is 0. The van der Waals surface area contributed by atoms with E-state index >= 15 is 0 Å². The molecule has 0 rings (SSSR count). The Hall–Kier alpha value is -1.63. The fourth-order valence-electron chi connectivity index (χ4n) is 1.07. The molecule has 0 heterocycles. The molecule has 0 saturated heterocycles. The number of carbonyl (C=O) groups is 3. The number of amides is 3. The Bertz CT molecular complexity index is 302. The molecular formula is C10H20N4O3. The average molecular weight is 244 g/mol. The van der Waals surface area contributed by atoms with Gasteiger partial charge in [-0.3, -0.25) is 14.4 Å². The van der Waals surface area contributed by atoms with E-state index in [-0.39, 0.29) is 25.5 Å². The smallest absolute Gasteiger partial charge is 0.309 e. The van der Waals surface area contributed by atoms with Crippen LogP contribution in [-0.4, -0.2) is 44.4 Å². The Labute approximate surface area is 100 Å². The zero-order valence-electron chi connectivity index (χ0n) is 10.4. The molecule has 0 fully saturated rings. The molecule has 0 aliphatic rings. The van der Waals surface area contributed by atoms with Gasteiger partial charge in [0.25, 0.3) is 0 Å². The fourth-order valence-corrected chi connectivity index (χ4v) is 1.07. The van der Waals surface area contributed by atoms with Crippen LogP contribution in [-0.2, 0) is 14.4 Å². The third kappa shape index (κ3) is 5.30. The summed E-state index contributed by atoms with van der Waals surface area (Å²) in [6.07, 6.45) is 0. The second-order valence-corrected chi connectivity index (χ2v) is 4.19. The van der Waals surface area contributed by atoms with Crippen molar-refractivity contribution in [1.29, 1.82) is 0 Å². The molecule has 0 aliphatic carbocycles. The number of rotatable bonds is 5. The van der Waals surface area contributed by atoms with Gasteiger partial charge in [-0.05, 0) is 13.8 Å². The Balaban J connectivity index is 4.15. The summed E-state index contributed by atoms with van der Waals surface area (Å²) >= 11 is 0. The maximum atomic E-state index is 11.4. The summed E-state index contributed by atoms with van der Waals surface area (Å²) in [6.45, 7) is 3.93. The van der Waals surface area contributed by atoms with E-state index in [2.05, 4.69) is 16.0 Å². The van der Waals surface area contributed by atoms with Gasteiger partial charge in [0.15, 0.2) is 0 Å². The highest BCUT2D eigenvalue weighted by molar-refractivity contribution is 6.35. The van der Waals surface area contributed by atoms with Crippen LogP contribution in [0.3, 0.4) is 0 Å². The van der Waals surface area contributed by atoms with Crippen molar-refractivity contribution >= 4 is 17.7 Å². The molecule has 98 valence electrons. The molecule has 0 aliphatic heterocycles. The number of hydrogen-bond donors (Lipinski definition) is 4. The van der Waals surface area contributed by atoms with E-state index < -0.39 is 17.2 Å². The maximum absolute atomic E-state index is 11.4. The molecule has 0 bridgehead atoms. The van der Waals surface area contributed by atoms with Crippen LogP contribution < -0.4 is 21.7 Å². The molecule has 0 saturated carbocycles. The summed E-state index contributed by atoms with van der Waals surface area (Å²) < 4.78 is 0. The molecule has 7 heteroatoms. The topological polar surface area (TPSA) is 113 Å². The lowest BCUT2D eigenvalue weighted by Gasteiger charge is -2.22. The van der Waals surface area contributed by atoms with E-state index in [4.69, 9.17) is 5.73 Å². The number of hydrogen-bond acceptors (Lipinski definition) is 4. The Kier molecular flexibility index (Phi) is 6.19. The van der Waals surface area contributed by atoms with E-state index in [0.717, 1.165) is 0 Å². The molecule has 0 aromatic rings. The molecule has 17 heavy (non-hydrogen) atoms. The molecule has 0 radical (unpaired) electrons. The van der Waals surface area contributed by atoms with E-state index in [1.54, 1.807) is 13.8 Å². The summed E-state index contributed by atoms with van der Waals surface area (Å²) in [5, 5.41) is 7.21. The predicted octanol–water partition coefficient (Wildman–Crippen LogP) is -2.05. The second kappa shape index (κ2) is 6.85. The minimum atomic E-state index is -0.768. The first kappa shape index (κ1) is 15.4. The van der Waals surface area contributed by atoms with Gasteiger partial charge >= 0.3 is 11.8 Å². The first-order valence-electron chi connectivity index (χ1n) is 5.33. The Morgan fingerprint density at radius 3 is 2.12 bits per heavy atom. The Morgan fingerprint density at radius 2 is 1.65 bits per heavy atom. The monoisotopic (exact) mass is 244 g/mol. The van der Waals surface area contributed by atoms with Crippen LogP contribution in [0.25, 0.3) is 0 Å². The van der Waals surface area contributed by atoms with Crippen LogP contribution in [0.2, 0.25) is 0 Å². The molecule has 7 nitrogen and oxygen atoms in total. The van der Waals surface area contributed by atoms with Gasteiger partial charge in [-0.25, -0.2) is 0 Å². The normalized spacial score (nSPS) is 10.6. The molecule has 5 N–H and O–H groups in total. The van der Waals surface area contributed by atoms with Crippen molar-refractivity contribution in [3.8, 4) is 0 Å². The van der Waals surface area contributed by atoms with Crippen molar-refractivity contribution in [2.75, 3.05) is 26.7 Å². The first-order chi connectivity index (χ1) is 7.85. The molecule has 0 spiro atoms. The van der Waals surface area contributed by atoms with Crippen LogP contribution in [0.4, 0.5) is 0 Å². The average Bonchev–Trinajstić information content (AvgIpc) is 2.31. The fraction of sp³-hybridized carbons (Fsp3) is 0.700. The largest absolute Gasteiger partial charge is 0.359 e. The van der Waals surface area contributed by atoms with Gasteiger partial charge in [0.05, 0.1) is 5.41 Å². The van der Waals surface area contributed by atoms with Crippen LogP contribution >= 0.6 is 0 Å². The highest BCUT2D eigenvalue weighted by Crippen LogP contribution is 2.12. The van der Waals surface area contributed by atoms with Crippen LogP contribution in [0.15, 0.2) is 0 Å². The van der Waals surface area contributed by atoms with E-state index in [9.17, 15) is 14.4 Å². The van der Waals surface area contributed by atoms with Crippen molar-refractivity contribution in [1.82, 2.24) is 16.0 Å². The van der Waals surface area contributed by atoms with Gasteiger partial charge in [0, 0.05) is 26.7 Å². The van der Waals surface area contributed by atoms with Crippen molar-refractivity contribution in [3.63, 3.8) is 0 Å². The third-order valence-electron chi connectivity index (χ3n) is 2.17. The number of nitrogens with one attached hydrogen (secondary N) is 3. The molecule has 3 amide bonds. The molecule has 0 atom stereocenters. The SMILES string of the molecule is CNC(=O)C(C)(C)CNC(=O)C(=O)NCCN. The Morgan fingerprint density at radius 1 is 1.12 bits per heavy atom. The summed E-state index contributed by atoms with van der Waals surface area (Å²) in [4.78, 5) is 33.9. The van der Waals surface area contributed by atoms with Crippen molar-refractivity contribution in [2.45, 2.75) is 13.8 Å². The van der Waals surface area contributed by atoms with Crippen molar-refractivity contribution in [3.05, 3.63) is 0 Å². The maximum Gasteiger partial charge on any atom is 0.309 e. The minimum Gasteiger partial charge on any atom is -0.359 e. The van der Waals surface area contributed by atoms with Gasteiger partial charge < -0.3 is 21.7 Å². The van der Waals surface area contributed by atoms with Gasteiger partial charge in [-0.15, -0.1) is 0 Å². The quantitative estimate of drug-likeness (QED) is 0.417. The lowest BCUT2D eigenvalue weighted by molar-refractivity contribution is -0.140. The number of carbonyl (C=O) groups excluding carboxylic acids is 3. The second-order valence-electron chi connectivity index (χ2n) is 4.19. The van der Waals surface area contributed by atoms with E-state index in [1.807, 2.05) is 0 Å². The van der Waals surface area contributed by atoms with Crippen molar-refractivity contribution < 1.29 is 14.4 Å². The molecular weight excluding hydrogens is 224 g/mol. The van der Waals surface area contributed by atoms with Crippen LogP contribution in [0.1, 0.15) is 13.8 Å². The summed E-state index contributed by atoms with van der Waals surface area (Å²) in [5.74, 6) is -1.72. The first-order valence-corrected chi connectivity index (χ1v) is 5.33. The van der Waals surface area contributed by atoms with Gasteiger partial charge in [-0.2, -0.15) is 0 Å². The van der Waals surface area contributed by atoms with Crippen molar-refractivity contribution in [2.24, 2.45) is 11.1 Å². The molecule has 0 unspecified atom stereocenters. The summed E-state index contributed by atoms with van der Waals surface area (Å²) in [5.41, 5.74) is 4.41. The van der Waals surface area contributed by atoms with E-state index in [1.165, 1.54) is 7.05 Å². The van der Waals surface area contributed by atoms with E-state index in [0.29, 0.717) is 0 Å². The minimum absolute atomic E-state index is 0.0849.